The summed E-state index contributed by atoms with van der Waals surface area (Å²) in [7, 11) is 0. The van der Waals surface area contributed by atoms with Gasteiger partial charge in [0.05, 0.1) is 12.0 Å². The van der Waals surface area contributed by atoms with Gasteiger partial charge in [-0.05, 0) is 36.8 Å². The highest BCUT2D eigenvalue weighted by molar-refractivity contribution is 6.18. The smallest absolute Gasteiger partial charge is 0.253 e. The minimum Gasteiger partial charge on any atom is -0.336 e. The number of fused-ring (bicyclic) bond motifs is 1. The number of likely N-dealkylation sites (tertiary alicyclic amines) is 1. The first-order valence-corrected chi connectivity index (χ1v) is 9.54. The molecule has 9 nitrogen and oxygen atoms in total. The third kappa shape index (κ3) is 4.24. The fourth-order valence-corrected chi connectivity index (χ4v) is 3.37. The Morgan fingerprint density at radius 1 is 1.30 bits per heavy atom. The fraction of sp³-hybridized carbons (Fsp3) is 0.238. The van der Waals surface area contributed by atoms with E-state index in [0.29, 0.717) is 42.6 Å². The Bertz CT molecular complexity index is 1020. The summed E-state index contributed by atoms with van der Waals surface area (Å²) in [6, 6.07) is 6.61. The number of benzene rings is 1. The lowest BCUT2D eigenvalue weighted by molar-refractivity contribution is -0.115. The Morgan fingerprint density at radius 2 is 2.10 bits per heavy atom. The number of amidine groups is 1. The summed E-state index contributed by atoms with van der Waals surface area (Å²) in [6.45, 7) is 4.45. The van der Waals surface area contributed by atoms with Crippen molar-refractivity contribution in [2.24, 2.45) is 20.9 Å². The van der Waals surface area contributed by atoms with Crippen LogP contribution in [0.2, 0.25) is 0 Å². The first-order valence-electron chi connectivity index (χ1n) is 9.54. The molecule has 1 aromatic rings. The molecule has 3 heterocycles. The van der Waals surface area contributed by atoms with Crippen molar-refractivity contribution in [1.82, 2.24) is 10.2 Å². The van der Waals surface area contributed by atoms with Crippen LogP contribution in [0.4, 0.5) is 5.69 Å². The highest BCUT2D eigenvalue weighted by atomic mass is 16.2. The van der Waals surface area contributed by atoms with E-state index in [2.05, 4.69) is 32.2 Å². The molecular weight excluding hydrogens is 384 g/mol. The standard InChI is InChI=1S/C21H20N6O3/c1-2-17(28)23-15-6-3-13(4-7-15)20(30)27-10-9-16(12-27)24-21-22-11-14-5-8-18(29)25-19(14)26-21/h2-8,11,14,16H,1,9-10,12H2,(H,23,28)(H,24,25,26,29)/t14?,16-/m1/s1. The van der Waals surface area contributed by atoms with Crippen molar-refractivity contribution in [2.45, 2.75) is 12.5 Å². The minimum absolute atomic E-state index is 0.0949. The average molecular weight is 404 g/mol. The van der Waals surface area contributed by atoms with Crippen LogP contribution in [0.3, 0.4) is 0 Å². The number of carbonyl (C=O) groups excluding carboxylic acids is 3. The van der Waals surface area contributed by atoms with Crippen LogP contribution in [0.1, 0.15) is 16.8 Å². The largest absolute Gasteiger partial charge is 0.336 e. The Balaban J connectivity index is 1.38. The number of carbonyl (C=O) groups is 3. The van der Waals surface area contributed by atoms with Crippen LogP contribution in [-0.4, -0.2) is 59.8 Å². The molecule has 0 saturated carbocycles. The number of guanidine groups is 1. The van der Waals surface area contributed by atoms with Crippen LogP contribution >= 0.6 is 0 Å². The second-order valence-electron chi connectivity index (χ2n) is 7.04. The molecule has 1 unspecified atom stereocenters. The molecule has 0 aromatic heterocycles. The van der Waals surface area contributed by atoms with Crippen molar-refractivity contribution in [3.63, 3.8) is 0 Å². The van der Waals surface area contributed by atoms with Gasteiger partial charge in [-0.1, -0.05) is 12.7 Å². The summed E-state index contributed by atoms with van der Waals surface area (Å²) in [5, 5.41) is 5.34. The highest BCUT2D eigenvalue weighted by Crippen LogP contribution is 2.19. The van der Waals surface area contributed by atoms with E-state index in [4.69, 9.17) is 0 Å². The van der Waals surface area contributed by atoms with Gasteiger partial charge in [0, 0.05) is 36.6 Å². The average Bonchev–Trinajstić information content (AvgIpc) is 3.22. The Kier molecular flexibility index (Phi) is 5.34. The lowest BCUT2D eigenvalue weighted by atomic mass is 10.1. The van der Waals surface area contributed by atoms with Crippen LogP contribution in [0.15, 0.2) is 64.0 Å². The van der Waals surface area contributed by atoms with Gasteiger partial charge in [0.1, 0.15) is 5.84 Å². The molecule has 0 aliphatic carbocycles. The summed E-state index contributed by atoms with van der Waals surface area (Å²) in [5.41, 5.74) is 1.13. The SMILES string of the molecule is C=CC(=O)Nc1ccc(C(=O)N2CC[C@@H](N=C3N=CC4C=CC(=O)NC4=N3)C2)cc1. The molecule has 4 rings (SSSR count). The van der Waals surface area contributed by atoms with Gasteiger partial charge in [-0.25, -0.2) is 9.98 Å². The normalized spacial score (nSPS) is 23.6. The number of hydrogen-bond acceptors (Lipinski definition) is 4. The first kappa shape index (κ1) is 19.4. The maximum atomic E-state index is 12.8. The van der Waals surface area contributed by atoms with E-state index in [1.165, 1.54) is 12.2 Å². The predicted octanol–water partition coefficient (Wildman–Crippen LogP) is 1.17. The van der Waals surface area contributed by atoms with Crippen molar-refractivity contribution in [3.05, 3.63) is 54.6 Å². The molecule has 3 amide bonds. The van der Waals surface area contributed by atoms with Gasteiger partial charge in [-0.2, -0.15) is 4.99 Å². The second kappa shape index (κ2) is 8.24. The fourth-order valence-electron chi connectivity index (χ4n) is 3.37. The number of amides is 3. The van der Waals surface area contributed by atoms with Crippen LogP contribution in [0.25, 0.3) is 0 Å². The molecule has 0 spiro atoms. The summed E-state index contributed by atoms with van der Waals surface area (Å²) in [5.74, 6) is 0.0707. The third-order valence-electron chi connectivity index (χ3n) is 4.93. The Hall–Kier alpha value is -3.88. The summed E-state index contributed by atoms with van der Waals surface area (Å²) < 4.78 is 0. The summed E-state index contributed by atoms with van der Waals surface area (Å²) >= 11 is 0. The molecule has 0 radical (unpaired) electrons. The highest BCUT2D eigenvalue weighted by Gasteiger charge is 2.28. The van der Waals surface area contributed by atoms with Crippen LogP contribution in [0, 0.1) is 5.92 Å². The zero-order valence-corrected chi connectivity index (χ0v) is 16.1. The third-order valence-corrected chi connectivity index (χ3v) is 4.93. The molecule has 1 fully saturated rings. The summed E-state index contributed by atoms with van der Waals surface area (Å²) in [4.78, 5) is 50.4. The molecule has 2 atom stereocenters. The van der Waals surface area contributed by atoms with E-state index >= 15 is 0 Å². The molecular formula is C21H20N6O3. The van der Waals surface area contributed by atoms with Crippen molar-refractivity contribution in [3.8, 4) is 0 Å². The molecule has 2 N–H and O–H groups in total. The van der Waals surface area contributed by atoms with E-state index in [-0.39, 0.29) is 29.7 Å². The predicted molar refractivity (Wildman–Crippen MR) is 114 cm³/mol. The number of nitrogens with zero attached hydrogens (tertiary/aromatic N) is 4. The van der Waals surface area contributed by atoms with Gasteiger partial charge in [0.15, 0.2) is 0 Å². The van der Waals surface area contributed by atoms with Crippen molar-refractivity contribution >= 4 is 41.4 Å². The quantitative estimate of drug-likeness (QED) is 0.734. The van der Waals surface area contributed by atoms with Gasteiger partial charge < -0.3 is 15.5 Å². The first-order chi connectivity index (χ1) is 14.5. The lowest BCUT2D eigenvalue weighted by Gasteiger charge is -2.19. The van der Waals surface area contributed by atoms with Gasteiger partial charge >= 0.3 is 0 Å². The lowest BCUT2D eigenvalue weighted by Crippen LogP contribution is -2.40. The van der Waals surface area contributed by atoms with Crippen LogP contribution in [0.5, 0.6) is 0 Å². The molecule has 9 heteroatoms. The molecule has 1 aromatic carbocycles. The van der Waals surface area contributed by atoms with Gasteiger partial charge in [0.25, 0.3) is 5.91 Å². The van der Waals surface area contributed by atoms with Crippen LogP contribution in [-0.2, 0) is 9.59 Å². The topological polar surface area (TPSA) is 116 Å². The number of nitrogens with one attached hydrogen (secondary N) is 2. The molecule has 3 aliphatic rings. The Labute approximate surface area is 173 Å². The monoisotopic (exact) mass is 404 g/mol. The van der Waals surface area contributed by atoms with Crippen LogP contribution < -0.4 is 10.6 Å². The van der Waals surface area contributed by atoms with E-state index in [0.717, 1.165) is 0 Å². The maximum Gasteiger partial charge on any atom is 0.253 e. The van der Waals surface area contributed by atoms with E-state index in [1.54, 1.807) is 41.5 Å². The number of hydrogen-bond donors (Lipinski definition) is 2. The van der Waals surface area contributed by atoms with Gasteiger partial charge in [-0.3, -0.25) is 14.4 Å². The summed E-state index contributed by atoms with van der Waals surface area (Å²) in [6.07, 6.45) is 6.78. The van der Waals surface area contributed by atoms with Crippen molar-refractivity contribution in [1.29, 1.82) is 0 Å². The van der Waals surface area contributed by atoms with E-state index in [1.807, 2.05) is 0 Å². The van der Waals surface area contributed by atoms with Crippen molar-refractivity contribution in [2.75, 3.05) is 18.4 Å². The number of aliphatic imine (C=N–C) groups is 3. The number of rotatable bonds is 4. The van der Waals surface area contributed by atoms with Gasteiger partial charge in [-0.15, -0.1) is 0 Å². The zero-order chi connectivity index (χ0) is 21.1. The van der Waals surface area contributed by atoms with Gasteiger partial charge in [0.2, 0.25) is 17.8 Å². The number of anilines is 1. The van der Waals surface area contributed by atoms with Crippen molar-refractivity contribution < 1.29 is 14.4 Å². The van der Waals surface area contributed by atoms with E-state index in [9.17, 15) is 14.4 Å². The second-order valence-corrected chi connectivity index (χ2v) is 7.04. The zero-order valence-electron chi connectivity index (χ0n) is 16.1. The maximum absolute atomic E-state index is 12.8. The molecule has 3 aliphatic heterocycles. The molecule has 30 heavy (non-hydrogen) atoms. The minimum atomic E-state index is -0.306. The Morgan fingerprint density at radius 3 is 2.87 bits per heavy atom. The molecule has 1 saturated heterocycles. The molecule has 152 valence electrons. The molecule has 0 bridgehead atoms. The van der Waals surface area contributed by atoms with E-state index < -0.39 is 0 Å².